The summed E-state index contributed by atoms with van der Waals surface area (Å²) >= 11 is 0. The molecule has 0 aromatic heterocycles. The molecular weight excluding hydrogens is 220 g/mol. The molecule has 1 atom stereocenters. The number of anilines is 1. The molecule has 1 spiro atoms. The average molecular weight is 240 g/mol. The van der Waals surface area contributed by atoms with Crippen LogP contribution in [0.1, 0.15) is 50.5 Å². The molecule has 0 saturated heterocycles. The quantitative estimate of drug-likeness (QED) is 0.845. The number of hydrogen-bond acceptors (Lipinski definition) is 2. The van der Waals surface area contributed by atoms with Crippen LogP contribution < -0.4 is 5.32 Å². The second kappa shape index (κ2) is 4.65. The van der Waals surface area contributed by atoms with Crippen molar-refractivity contribution in [3.05, 3.63) is 29.8 Å². The van der Waals surface area contributed by atoms with E-state index in [4.69, 9.17) is 5.26 Å². The van der Waals surface area contributed by atoms with E-state index in [-0.39, 0.29) is 0 Å². The maximum Gasteiger partial charge on any atom is 0.0992 e. The number of benzene rings is 1. The van der Waals surface area contributed by atoms with Crippen LogP contribution in [0.5, 0.6) is 0 Å². The fraction of sp³-hybridized carbons (Fsp3) is 0.562. The van der Waals surface area contributed by atoms with Crippen LogP contribution in [-0.2, 0) is 0 Å². The first-order valence-corrected chi connectivity index (χ1v) is 7.09. The zero-order valence-corrected chi connectivity index (χ0v) is 10.8. The minimum absolute atomic E-state index is 0.570. The first kappa shape index (κ1) is 11.6. The third kappa shape index (κ3) is 1.99. The Morgan fingerprint density at radius 2 is 2.00 bits per heavy atom. The van der Waals surface area contributed by atoms with Crippen molar-refractivity contribution in [2.24, 2.45) is 5.41 Å². The topological polar surface area (TPSA) is 35.8 Å². The zero-order valence-electron chi connectivity index (χ0n) is 10.8. The predicted octanol–water partition coefficient (Wildman–Crippen LogP) is 4.08. The number of nitrogens with one attached hydrogen (secondary N) is 1. The van der Waals surface area contributed by atoms with E-state index in [9.17, 15) is 0 Å². The molecule has 1 aromatic rings. The van der Waals surface area contributed by atoms with Crippen molar-refractivity contribution in [1.29, 1.82) is 5.26 Å². The molecule has 1 unspecified atom stereocenters. The van der Waals surface area contributed by atoms with Crippen molar-refractivity contribution in [3.63, 3.8) is 0 Å². The standard InChI is InChI=1S/C16H20N2/c17-12-13-5-4-6-14(11-13)18-15-7-10-16(15)8-2-1-3-9-16/h4-6,11,15,18H,1-3,7-10H2. The van der Waals surface area contributed by atoms with Gasteiger partial charge in [0.25, 0.3) is 0 Å². The average Bonchev–Trinajstić information content (AvgIpc) is 2.45. The van der Waals surface area contributed by atoms with Gasteiger partial charge >= 0.3 is 0 Å². The molecule has 94 valence electrons. The molecule has 0 aliphatic heterocycles. The van der Waals surface area contributed by atoms with E-state index in [1.165, 1.54) is 44.9 Å². The van der Waals surface area contributed by atoms with Crippen molar-refractivity contribution in [2.75, 3.05) is 5.32 Å². The summed E-state index contributed by atoms with van der Waals surface area (Å²) in [6.07, 6.45) is 9.68. The molecule has 2 saturated carbocycles. The molecule has 1 N–H and O–H groups in total. The molecule has 2 aliphatic rings. The van der Waals surface area contributed by atoms with Gasteiger partial charge in [-0.15, -0.1) is 0 Å². The second-order valence-electron chi connectivity index (χ2n) is 5.85. The molecule has 2 fully saturated rings. The molecule has 2 nitrogen and oxygen atoms in total. The molecule has 18 heavy (non-hydrogen) atoms. The summed E-state index contributed by atoms with van der Waals surface area (Å²) in [4.78, 5) is 0. The van der Waals surface area contributed by atoms with Gasteiger partial charge in [0.15, 0.2) is 0 Å². The number of rotatable bonds is 2. The van der Waals surface area contributed by atoms with Crippen molar-refractivity contribution in [1.82, 2.24) is 0 Å². The minimum Gasteiger partial charge on any atom is -0.382 e. The van der Waals surface area contributed by atoms with Crippen molar-refractivity contribution in [2.45, 2.75) is 51.0 Å². The lowest BCUT2D eigenvalue weighted by Crippen LogP contribution is -2.50. The lowest BCUT2D eigenvalue weighted by Gasteiger charge is -2.52. The van der Waals surface area contributed by atoms with Crippen LogP contribution in [0, 0.1) is 16.7 Å². The summed E-state index contributed by atoms with van der Waals surface area (Å²) in [5.41, 5.74) is 2.43. The Balaban J connectivity index is 1.71. The molecule has 3 rings (SSSR count). The maximum absolute atomic E-state index is 8.93. The lowest BCUT2D eigenvalue weighted by molar-refractivity contribution is 0.0571. The van der Waals surface area contributed by atoms with Gasteiger partial charge in [0.05, 0.1) is 11.6 Å². The number of nitrogens with zero attached hydrogens (tertiary/aromatic N) is 1. The van der Waals surface area contributed by atoms with Gasteiger partial charge in [-0.3, -0.25) is 0 Å². The van der Waals surface area contributed by atoms with E-state index in [1.54, 1.807) is 0 Å². The van der Waals surface area contributed by atoms with Crippen LogP contribution in [0.4, 0.5) is 5.69 Å². The summed E-state index contributed by atoms with van der Waals surface area (Å²) in [6.45, 7) is 0. The van der Waals surface area contributed by atoms with Crippen molar-refractivity contribution < 1.29 is 0 Å². The zero-order chi connectivity index (χ0) is 12.4. The Morgan fingerprint density at radius 3 is 2.67 bits per heavy atom. The summed E-state index contributed by atoms with van der Waals surface area (Å²) in [5.74, 6) is 0. The van der Waals surface area contributed by atoms with Crippen LogP contribution in [0.2, 0.25) is 0 Å². The fourth-order valence-corrected chi connectivity index (χ4v) is 3.66. The molecule has 2 heteroatoms. The molecule has 0 amide bonds. The molecule has 0 radical (unpaired) electrons. The third-order valence-corrected chi connectivity index (χ3v) is 4.85. The smallest absolute Gasteiger partial charge is 0.0992 e. The normalized spacial score (nSPS) is 25.2. The van der Waals surface area contributed by atoms with E-state index in [2.05, 4.69) is 17.5 Å². The van der Waals surface area contributed by atoms with Crippen LogP contribution in [0.3, 0.4) is 0 Å². The first-order chi connectivity index (χ1) is 8.82. The Kier molecular flexibility index (Phi) is 2.99. The van der Waals surface area contributed by atoms with Gasteiger partial charge in [-0.1, -0.05) is 25.3 Å². The van der Waals surface area contributed by atoms with Gasteiger partial charge < -0.3 is 5.32 Å². The van der Waals surface area contributed by atoms with E-state index in [1.807, 2.05) is 18.2 Å². The van der Waals surface area contributed by atoms with Crippen LogP contribution in [0.25, 0.3) is 0 Å². The highest BCUT2D eigenvalue weighted by Gasteiger charge is 2.46. The Bertz CT molecular complexity index is 466. The highest BCUT2D eigenvalue weighted by atomic mass is 15.0. The van der Waals surface area contributed by atoms with Gasteiger partial charge in [0, 0.05) is 11.7 Å². The Labute approximate surface area is 109 Å². The van der Waals surface area contributed by atoms with Gasteiger partial charge in [0.2, 0.25) is 0 Å². The maximum atomic E-state index is 8.93. The minimum atomic E-state index is 0.570. The summed E-state index contributed by atoms with van der Waals surface area (Å²) in [6, 6.07) is 10.7. The van der Waals surface area contributed by atoms with Crippen LogP contribution in [0.15, 0.2) is 24.3 Å². The number of nitriles is 1. The summed E-state index contributed by atoms with van der Waals surface area (Å²) in [7, 11) is 0. The van der Waals surface area contributed by atoms with Gasteiger partial charge in [0.1, 0.15) is 0 Å². The van der Waals surface area contributed by atoms with Crippen molar-refractivity contribution >= 4 is 5.69 Å². The van der Waals surface area contributed by atoms with E-state index in [0.29, 0.717) is 11.5 Å². The van der Waals surface area contributed by atoms with Crippen LogP contribution in [-0.4, -0.2) is 6.04 Å². The molecule has 2 aliphatic carbocycles. The predicted molar refractivity (Wildman–Crippen MR) is 73.3 cm³/mol. The molecule has 0 heterocycles. The lowest BCUT2D eigenvalue weighted by atomic mass is 9.57. The second-order valence-corrected chi connectivity index (χ2v) is 5.85. The van der Waals surface area contributed by atoms with E-state index in [0.717, 1.165) is 11.3 Å². The highest BCUT2D eigenvalue weighted by molar-refractivity contribution is 5.50. The fourth-order valence-electron chi connectivity index (χ4n) is 3.66. The SMILES string of the molecule is N#Cc1cccc(NC2CCC23CCCCC3)c1. The summed E-state index contributed by atoms with van der Waals surface area (Å²) < 4.78 is 0. The number of hydrogen-bond donors (Lipinski definition) is 1. The first-order valence-electron chi connectivity index (χ1n) is 7.09. The van der Waals surface area contributed by atoms with Gasteiger partial charge in [-0.2, -0.15) is 5.26 Å². The molecule has 1 aromatic carbocycles. The molecular formula is C16H20N2. The largest absolute Gasteiger partial charge is 0.382 e. The van der Waals surface area contributed by atoms with Gasteiger partial charge in [-0.25, -0.2) is 0 Å². The summed E-state index contributed by atoms with van der Waals surface area (Å²) in [5, 5.41) is 12.6. The molecule has 0 bridgehead atoms. The monoisotopic (exact) mass is 240 g/mol. The highest BCUT2D eigenvalue weighted by Crippen LogP contribution is 2.52. The third-order valence-electron chi connectivity index (χ3n) is 4.85. The van der Waals surface area contributed by atoms with Gasteiger partial charge in [-0.05, 0) is 49.3 Å². The Morgan fingerprint density at radius 1 is 1.17 bits per heavy atom. The van der Waals surface area contributed by atoms with E-state index >= 15 is 0 Å². The van der Waals surface area contributed by atoms with E-state index < -0.39 is 0 Å². The van der Waals surface area contributed by atoms with Crippen LogP contribution >= 0.6 is 0 Å². The Hall–Kier alpha value is -1.49. The van der Waals surface area contributed by atoms with Crippen molar-refractivity contribution in [3.8, 4) is 6.07 Å².